The zero-order valence-corrected chi connectivity index (χ0v) is 9.81. The summed E-state index contributed by atoms with van der Waals surface area (Å²) in [5.41, 5.74) is 5.52. The standard InChI is InChI=1S/C10H19N3S/c1-3-5-8(6-4-2)10-13-12-9(7-11)14-10/h8H,3-7,11H2,1-2H3. The van der Waals surface area contributed by atoms with Crippen LogP contribution in [0.2, 0.25) is 0 Å². The highest BCUT2D eigenvalue weighted by molar-refractivity contribution is 7.11. The van der Waals surface area contributed by atoms with E-state index in [1.165, 1.54) is 30.7 Å². The third-order valence-electron chi connectivity index (χ3n) is 2.28. The summed E-state index contributed by atoms with van der Waals surface area (Å²) >= 11 is 1.67. The largest absolute Gasteiger partial charge is 0.324 e. The van der Waals surface area contributed by atoms with Crippen LogP contribution >= 0.6 is 11.3 Å². The van der Waals surface area contributed by atoms with Gasteiger partial charge in [0, 0.05) is 12.5 Å². The highest BCUT2D eigenvalue weighted by Crippen LogP contribution is 2.28. The van der Waals surface area contributed by atoms with E-state index in [4.69, 9.17) is 5.73 Å². The zero-order valence-electron chi connectivity index (χ0n) is 8.99. The molecule has 1 aromatic rings. The van der Waals surface area contributed by atoms with E-state index >= 15 is 0 Å². The first-order valence-corrected chi connectivity index (χ1v) is 6.15. The molecule has 0 bridgehead atoms. The second-order valence-corrected chi connectivity index (χ2v) is 4.61. The molecule has 4 heteroatoms. The molecule has 0 aliphatic carbocycles. The number of aromatic nitrogens is 2. The van der Waals surface area contributed by atoms with Crippen molar-refractivity contribution >= 4 is 11.3 Å². The Morgan fingerprint density at radius 2 is 1.86 bits per heavy atom. The number of nitrogens with two attached hydrogens (primary N) is 1. The van der Waals surface area contributed by atoms with Gasteiger partial charge in [-0.3, -0.25) is 0 Å². The van der Waals surface area contributed by atoms with Crippen molar-refractivity contribution in [3.63, 3.8) is 0 Å². The third kappa shape index (κ3) is 3.03. The fraction of sp³-hybridized carbons (Fsp3) is 0.800. The molecule has 0 unspecified atom stereocenters. The lowest BCUT2D eigenvalue weighted by Gasteiger charge is -2.10. The molecular weight excluding hydrogens is 194 g/mol. The van der Waals surface area contributed by atoms with Crippen molar-refractivity contribution in [3.8, 4) is 0 Å². The van der Waals surface area contributed by atoms with E-state index in [0.717, 1.165) is 5.01 Å². The van der Waals surface area contributed by atoms with Crippen LogP contribution < -0.4 is 5.73 Å². The summed E-state index contributed by atoms with van der Waals surface area (Å²) in [5.74, 6) is 0.600. The summed E-state index contributed by atoms with van der Waals surface area (Å²) in [7, 11) is 0. The van der Waals surface area contributed by atoms with Gasteiger partial charge in [-0.05, 0) is 12.8 Å². The molecule has 0 fully saturated rings. The summed E-state index contributed by atoms with van der Waals surface area (Å²) < 4.78 is 0. The zero-order chi connectivity index (χ0) is 10.4. The van der Waals surface area contributed by atoms with Crippen LogP contribution in [0.15, 0.2) is 0 Å². The molecule has 0 saturated carbocycles. The van der Waals surface area contributed by atoms with Gasteiger partial charge < -0.3 is 5.73 Å². The van der Waals surface area contributed by atoms with E-state index in [1.54, 1.807) is 11.3 Å². The first-order chi connectivity index (χ1) is 6.81. The fourth-order valence-corrected chi connectivity index (χ4v) is 2.49. The summed E-state index contributed by atoms with van der Waals surface area (Å²) in [5, 5.41) is 10.4. The van der Waals surface area contributed by atoms with Crippen molar-refractivity contribution in [2.75, 3.05) is 0 Å². The minimum atomic E-state index is 0.517. The van der Waals surface area contributed by atoms with Crippen LogP contribution in [0, 0.1) is 0 Å². The Labute approximate surface area is 89.7 Å². The van der Waals surface area contributed by atoms with Gasteiger partial charge in [-0.2, -0.15) is 0 Å². The van der Waals surface area contributed by atoms with E-state index in [1.807, 2.05) is 0 Å². The van der Waals surface area contributed by atoms with Crippen molar-refractivity contribution in [2.24, 2.45) is 5.73 Å². The van der Waals surface area contributed by atoms with Crippen LogP contribution in [0.4, 0.5) is 0 Å². The first kappa shape index (κ1) is 11.6. The van der Waals surface area contributed by atoms with Gasteiger partial charge in [0.05, 0.1) is 0 Å². The van der Waals surface area contributed by atoms with E-state index in [-0.39, 0.29) is 0 Å². The van der Waals surface area contributed by atoms with Crippen molar-refractivity contribution in [2.45, 2.75) is 52.0 Å². The average Bonchev–Trinajstić information content (AvgIpc) is 2.65. The van der Waals surface area contributed by atoms with E-state index in [0.29, 0.717) is 12.5 Å². The Kier molecular flexibility index (Phi) is 5.04. The molecule has 0 spiro atoms. The van der Waals surface area contributed by atoms with Crippen LogP contribution in [0.25, 0.3) is 0 Å². The number of hydrogen-bond acceptors (Lipinski definition) is 4. The maximum Gasteiger partial charge on any atom is 0.131 e. The molecule has 2 N–H and O–H groups in total. The molecule has 1 aromatic heterocycles. The van der Waals surface area contributed by atoms with E-state index < -0.39 is 0 Å². The second kappa shape index (κ2) is 6.09. The molecule has 0 aliphatic rings. The second-order valence-electron chi connectivity index (χ2n) is 3.51. The monoisotopic (exact) mass is 213 g/mol. The van der Waals surface area contributed by atoms with Gasteiger partial charge in [-0.25, -0.2) is 0 Å². The van der Waals surface area contributed by atoms with Gasteiger partial charge in [0.25, 0.3) is 0 Å². The van der Waals surface area contributed by atoms with Crippen LogP contribution in [0.5, 0.6) is 0 Å². The molecule has 0 aromatic carbocycles. The molecule has 0 aliphatic heterocycles. The van der Waals surface area contributed by atoms with Crippen LogP contribution in [0.1, 0.15) is 55.5 Å². The third-order valence-corrected chi connectivity index (χ3v) is 3.39. The molecule has 3 nitrogen and oxygen atoms in total. The predicted molar refractivity (Wildman–Crippen MR) is 60.4 cm³/mol. The van der Waals surface area contributed by atoms with Gasteiger partial charge in [0.15, 0.2) is 0 Å². The predicted octanol–water partition coefficient (Wildman–Crippen LogP) is 2.68. The van der Waals surface area contributed by atoms with Crippen molar-refractivity contribution in [1.29, 1.82) is 0 Å². The van der Waals surface area contributed by atoms with Crippen molar-refractivity contribution in [3.05, 3.63) is 10.0 Å². The van der Waals surface area contributed by atoms with Crippen molar-refractivity contribution < 1.29 is 0 Å². The van der Waals surface area contributed by atoms with Gasteiger partial charge in [0.2, 0.25) is 0 Å². The molecule has 80 valence electrons. The lowest BCUT2D eigenvalue weighted by Crippen LogP contribution is -1.97. The fourth-order valence-electron chi connectivity index (χ4n) is 1.60. The molecule has 1 heterocycles. The lowest BCUT2D eigenvalue weighted by molar-refractivity contribution is 0.554. The molecule has 14 heavy (non-hydrogen) atoms. The molecule has 0 amide bonds. The molecule has 0 radical (unpaired) electrons. The number of hydrogen-bond donors (Lipinski definition) is 1. The smallest absolute Gasteiger partial charge is 0.131 e. The Hall–Kier alpha value is -0.480. The topological polar surface area (TPSA) is 51.8 Å². The SMILES string of the molecule is CCCC(CCC)c1nnc(CN)s1. The Morgan fingerprint density at radius 3 is 2.29 bits per heavy atom. The summed E-state index contributed by atoms with van der Waals surface area (Å²) in [6.45, 7) is 4.95. The average molecular weight is 213 g/mol. The van der Waals surface area contributed by atoms with Gasteiger partial charge >= 0.3 is 0 Å². The van der Waals surface area contributed by atoms with Crippen LogP contribution in [0.3, 0.4) is 0 Å². The Bertz CT molecular complexity index is 254. The number of rotatable bonds is 6. The normalized spacial score (nSPS) is 11.1. The molecule has 0 saturated heterocycles. The van der Waals surface area contributed by atoms with Crippen molar-refractivity contribution in [1.82, 2.24) is 10.2 Å². The van der Waals surface area contributed by atoms with Crippen LogP contribution in [-0.2, 0) is 6.54 Å². The highest BCUT2D eigenvalue weighted by atomic mass is 32.1. The lowest BCUT2D eigenvalue weighted by atomic mass is 9.99. The van der Waals surface area contributed by atoms with Gasteiger partial charge in [-0.15, -0.1) is 10.2 Å². The minimum absolute atomic E-state index is 0.517. The molecular formula is C10H19N3S. The quantitative estimate of drug-likeness (QED) is 0.790. The van der Waals surface area contributed by atoms with E-state index in [2.05, 4.69) is 24.0 Å². The van der Waals surface area contributed by atoms with Gasteiger partial charge in [0.1, 0.15) is 10.0 Å². The highest BCUT2D eigenvalue weighted by Gasteiger charge is 2.14. The maximum absolute atomic E-state index is 5.52. The first-order valence-electron chi connectivity index (χ1n) is 5.34. The molecule has 0 atom stereocenters. The summed E-state index contributed by atoms with van der Waals surface area (Å²) in [6.07, 6.45) is 4.85. The minimum Gasteiger partial charge on any atom is -0.324 e. The van der Waals surface area contributed by atoms with Crippen LogP contribution in [-0.4, -0.2) is 10.2 Å². The summed E-state index contributed by atoms with van der Waals surface area (Å²) in [6, 6.07) is 0. The Morgan fingerprint density at radius 1 is 1.21 bits per heavy atom. The molecule has 1 rings (SSSR count). The Balaban J connectivity index is 2.65. The van der Waals surface area contributed by atoms with E-state index in [9.17, 15) is 0 Å². The maximum atomic E-state index is 5.52. The number of nitrogens with zero attached hydrogens (tertiary/aromatic N) is 2. The summed E-state index contributed by atoms with van der Waals surface area (Å²) in [4.78, 5) is 0. The van der Waals surface area contributed by atoms with Gasteiger partial charge in [-0.1, -0.05) is 38.0 Å².